The molecule has 0 aliphatic carbocycles. The van der Waals surface area contributed by atoms with E-state index in [0.29, 0.717) is 23.5 Å². The molecule has 0 fully saturated rings. The lowest BCUT2D eigenvalue weighted by Crippen LogP contribution is -2.26. The molecular formula is C24H22N4O6. The number of primary amides is 1. The number of carbonyl (C=O) groups excluding carboxylic acids is 2. The van der Waals surface area contributed by atoms with Crippen LogP contribution in [0.3, 0.4) is 0 Å². The largest absolute Gasteiger partial charge is 0.497 e. The number of ether oxygens (including phenoxy) is 1. The average Bonchev–Trinajstić information content (AvgIpc) is 2.81. The highest BCUT2D eigenvalue weighted by Gasteiger charge is 2.17. The minimum absolute atomic E-state index is 0. The van der Waals surface area contributed by atoms with E-state index in [1.165, 1.54) is 36.5 Å². The molecule has 4 rings (SSSR count). The number of nitrogens with zero attached hydrogens (tertiary/aromatic N) is 1. The number of methoxy groups -OCH3 is 1. The number of hydrogen-bond donors (Lipinski definition) is 3. The van der Waals surface area contributed by atoms with E-state index in [2.05, 4.69) is 10.3 Å². The SMILES string of the molecule is COc1ccc(Cn2cc(C(=O)Nc3ccc(C(N)=O)cc3)c(=O)c3[nH]c(=O)ccc32)cc1.O. The topological polar surface area (TPSA) is 168 Å². The molecule has 2 aromatic carbocycles. The van der Waals surface area contributed by atoms with Gasteiger partial charge in [0, 0.05) is 30.1 Å². The van der Waals surface area contributed by atoms with Gasteiger partial charge in [0.05, 0.1) is 12.6 Å². The zero-order valence-corrected chi connectivity index (χ0v) is 18.1. The summed E-state index contributed by atoms with van der Waals surface area (Å²) in [6, 6.07) is 16.2. The van der Waals surface area contributed by atoms with Crippen LogP contribution in [0.25, 0.3) is 11.0 Å². The van der Waals surface area contributed by atoms with Gasteiger partial charge in [0.15, 0.2) is 0 Å². The molecule has 0 atom stereocenters. The van der Waals surface area contributed by atoms with Crippen molar-refractivity contribution < 1.29 is 19.8 Å². The van der Waals surface area contributed by atoms with Gasteiger partial charge in [-0.15, -0.1) is 0 Å². The molecule has 0 unspecified atom stereocenters. The minimum Gasteiger partial charge on any atom is -0.497 e. The Balaban J connectivity index is 0.00000324. The number of hydrogen-bond acceptors (Lipinski definition) is 5. The second kappa shape index (κ2) is 9.84. The van der Waals surface area contributed by atoms with Crippen LogP contribution in [0, 0.1) is 0 Å². The third-order valence-electron chi connectivity index (χ3n) is 5.15. The number of H-pyrrole nitrogens is 1. The molecule has 0 radical (unpaired) electrons. The van der Waals surface area contributed by atoms with Gasteiger partial charge in [-0.25, -0.2) is 0 Å². The third kappa shape index (κ3) is 4.87. The number of aromatic nitrogens is 2. The molecule has 0 bridgehead atoms. The first-order valence-electron chi connectivity index (χ1n) is 9.96. The van der Waals surface area contributed by atoms with Crippen LogP contribution < -0.4 is 26.8 Å². The van der Waals surface area contributed by atoms with Crippen molar-refractivity contribution in [3.05, 3.63) is 104 Å². The van der Waals surface area contributed by atoms with E-state index >= 15 is 0 Å². The fourth-order valence-corrected chi connectivity index (χ4v) is 3.43. The summed E-state index contributed by atoms with van der Waals surface area (Å²) in [5.41, 5.74) is 6.14. The first-order chi connectivity index (χ1) is 15.9. The number of amides is 2. The first kappa shape index (κ1) is 24.0. The standard InChI is InChI=1S/C24H20N4O5.H2O/c1-33-17-8-2-14(3-9-17)12-28-13-18(22(30)21-19(28)10-11-20(29)27-21)24(32)26-16-6-4-15(5-7-16)23(25)31;/h2-11,13H,12H2,1H3,(H2,25,31)(H,26,32)(H,27,29);1H2. The number of nitrogens with two attached hydrogens (primary N) is 1. The molecule has 174 valence electrons. The van der Waals surface area contributed by atoms with Gasteiger partial charge in [0.1, 0.15) is 16.8 Å². The third-order valence-corrected chi connectivity index (χ3v) is 5.15. The summed E-state index contributed by atoms with van der Waals surface area (Å²) in [6.45, 7) is 0.348. The molecule has 2 amide bonds. The second-order valence-electron chi connectivity index (χ2n) is 7.33. The van der Waals surface area contributed by atoms with E-state index in [0.717, 1.165) is 5.56 Å². The molecule has 4 aromatic rings. The predicted octanol–water partition coefficient (Wildman–Crippen LogP) is 1.27. The summed E-state index contributed by atoms with van der Waals surface area (Å²) in [5, 5.41) is 2.64. The van der Waals surface area contributed by atoms with Gasteiger partial charge in [-0.1, -0.05) is 12.1 Å². The lowest BCUT2D eigenvalue weighted by molar-refractivity contribution is 0.0998. The normalized spacial score (nSPS) is 10.4. The van der Waals surface area contributed by atoms with Crippen molar-refractivity contribution in [2.24, 2.45) is 5.73 Å². The van der Waals surface area contributed by atoms with E-state index in [1.54, 1.807) is 17.7 Å². The second-order valence-corrected chi connectivity index (χ2v) is 7.33. The van der Waals surface area contributed by atoms with Crippen LogP contribution in [-0.2, 0) is 6.54 Å². The quantitative estimate of drug-likeness (QED) is 0.391. The summed E-state index contributed by atoms with van der Waals surface area (Å²) in [6.07, 6.45) is 1.46. The highest BCUT2D eigenvalue weighted by atomic mass is 16.5. The molecule has 2 heterocycles. The number of anilines is 1. The maximum Gasteiger partial charge on any atom is 0.261 e. The summed E-state index contributed by atoms with van der Waals surface area (Å²) >= 11 is 0. The molecule has 10 nitrogen and oxygen atoms in total. The number of aromatic amines is 1. The zero-order chi connectivity index (χ0) is 23.5. The van der Waals surface area contributed by atoms with Gasteiger partial charge in [-0.2, -0.15) is 0 Å². The van der Waals surface area contributed by atoms with E-state index in [9.17, 15) is 19.2 Å². The monoisotopic (exact) mass is 462 g/mol. The Bertz CT molecular complexity index is 1470. The van der Waals surface area contributed by atoms with E-state index in [-0.39, 0.29) is 22.1 Å². The summed E-state index contributed by atoms with van der Waals surface area (Å²) in [5.74, 6) is -0.537. The van der Waals surface area contributed by atoms with Crippen LogP contribution in [0.2, 0.25) is 0 Å². The van der Waals surface area contributed by atoms with Crippen molar-refractivity contribution in [1.29, 1.82) is 0 Å². The Hall–Kier alpha value is -4.70. The molecule has 0 aliphatic rings. The summed E-state index contributed by atoms with van der Waals surface area (Å²) < 4.78 is 6.90. The summed E-state index contributed by atoms with van der Waals surface area (Å²) in [4.78, 5) is 51.6. The Labute approximate surface area is 192 Å². The van der Waals surface area contributed by atoms with Crippen molar-refractivity contribution in [1.82, 2.24) is 9.55 Å². The van der Waals surface area contributed by atoms with Gasteiger partial charge < -0.3 is 30.8 Å². The maximum atomic E-state index is 13.0. The molecule has 0 saturated heterocycles. The smallest absolute Gasteiger partial charge is 0.261 e. The van der Waals surface area contributed by atoms with E-state index < -0.39 is 22.8 Å². The average molecular weight is 462 g/mol. The van der Waals surface area contributed by atoms with Gasteiger partial charge in [0.25, 0.3) is 5.91 Å². The minimum atomic E-state index is -0.651. The molecular weight excluding hydrogens is 440 g/mol. The number of carbonyl (C=O) groups is 2. The van der Waals surface area contributed by atoms with Crippen LogP contribution in [0.5, 0.6) is 5.75 Å². The van der Waals surface area contributed by atoms with E-state index in [1.807, 2.05) is 24.3 Å². The maximum absolute atomic E-state index is 13.0. The molecule has 10 heteroatoms. The van der Waals surface area contributed by atoms with Gasteiger partial charge >= 0.3 is 0 Å². The zero-order valence-electron chi connectivity index (χ0n) is 18.1. The highest BCUT2D eigenvalue weighted by Crippen LogP contribution is 2.16. The number of nitrogens with one attached hydrogen (secondary N) is 2. The summed E-state index contributed by atoms with van der Waals surface area (Å²) in [7, 11) is 1.58. The lowest BCUT2D eigenvalue weighted by atomic mass is 10.1. The number of fused-ring (bicyclic) bond motifs is 1. The van der Waals surface area contributed by atoms with Crippen LogP contribution >= 0.6 is 0 Å². The van der Waals surface area contributed by atoms with E-state index in [4.69, 9.17) is 10.5 Å². The number of rotatable bonds is 6. The van der Waals surface area contributed by atoms with Gasteiger partial charge in [0.2, 0.25) is 16.9 Å². The van der Waals surface area contributed by atoms with Gasteiger partial charge in [-0.3, -0.25) is 19.2 Å². The highest BCUT2D eigenvalue weighted by molar-refractivity contribution is 6.05. The molecule has 0 spiro atoms. The van der Waals surface area contributed by atoms with Crippen LogP contribution in [0.4, 0.5) is 5.69 Å². The van der Waals surface area contributed by atoms with Crippen LogP contribution in [0.1, 0.15) is 26.3 Å². The van der Waals surface area contributed by atoms with Crippen LogP contribution in [-0.4, -0.2) is 34.0 Å². The van der Waals surface area contributed by atoms with Crippen LogP contribution in [0.15, 0.2) is 76.4 Å². The first-order valence-corrected chi connectivity index (χ1v) is 9.96. The molecule has 2 aromatic heterocycles. The Morgan fingerprint density at radius 3 is 2.29 bits per heavy atom. The lowest BCUT2D eigenvalue weighted by Gasteiger charge is -2.14. The molecule has 6 N–H and O–H groups in total. The fraction of sp³-hybridized carbons (Fsp3) is 0.0833. The molecule has 0 saturated carbocycles. The Morgan fingerprint density at radius 1 is 1.00 bits per heavy atom. The molecule has 34 heavy (non-hydrogen) atoms. The number of benzene rings is 2. The Kier molecular flexibility index (Phi) is 6.93. The molecule has 0 aliphatic heterocycles. The van der Waals surface area contributed by atoms with Crippen molar-refractivity contribution in [3.63, 3.8) is 0 Å². The van der Waals surface area contributed by atoms with Crippen molar-refractivity contribution in [2.75, 3.05) is 12.4 Å². The van der Waals surface area contributed by atoms with Gasteiger partial charge in [-0.05, 0) is 48.0 Å². The van der Waals surface area contributed by atoms with Crippen molar-refractivity contribution >= 4 is 28.5 Å². The van der Waals surface area contributed by atoms with Crippen molar-refractivity contribution in [3.8, 4) is 5.75 Å². The van der Waals surface area contributed by atoms with Crippen molar-refractivity contribution in [2.45, 2.75) is 6.54 Å². The predicted molar refractivity (Wildman–Crippen MR) is 127 cm³/mol. The fourth-order valence-electron chi connectivity index (χ4n) is 3.43. The Morgan fingerprint density at radius 2 is 1.68 bits per heavy atom. The number of pyridine rings is 2.